The van der Waals surface area contributed by atoms with Crippen LogP contribution in [-0.4, -0.2) is 26.8 Å². The molecule has 1 aliphatic rings. The maximum absolute atomic E-state index is 10.7. The van der Waals surface area contributed by atoms with E-state index < -0.39 is 5.97 Å². The van der Waals surface area contributed by atoms with Crippen molar-refractivity contribution in [3.05, 3.63) is 53.1 Å². The maximum Gasteiger partial charge on any atom is 0.309 e. The zero-order valence-corrected chi connectivity index (χ0v) is 15.9. The third-order valence-corrected chi connectivity index (χ3v) is 6.19. The monoisotopic (exact) mass is 366 g/mol. The summed E-state index contributed by atoms with van der Waals surface area (Å²) in [6.07, 6.45) is 6.38. The van der Waals surface area contributed by atoms with E-state index in [1.807, 2.05) is 11.8 Å². The number of benzene rings is 1. The molecule has 2 aromatic rings. The zero-order chi connectivity index (χ0) is 18.6. The molecule has 26 heavy (non-hydrogen) atoms. The maximum atomic E-state index is 10.7. The molecule has 1 aliphatic heterocycles. The number of fused-ring (bicyclic) bond motifs is 1. The van der Waals surface area contributed by atoms with Crippen LogP contribution in [-0.2, 0) is 16.6 Å². The van der Waals surface area contributed by atoms with Crippen LogP contribution in [0.25, 0.3) is 0 Å². The summed E-state index contributed by atoms with van der Waals surface area (Å²) >= 11 is 1.93. The second-order valence-corrected chi connectivity index (χ2v) is 7.65. The zero-order valence-electron chi connectivity index (χ0n) is 15.1. The van der Waals surface area contributed by atoms with Crippen molar-refractivity contribution in [3.8, 4) is 11.8 Å². The van der Waals surface area contributed by atoms with E-state index in [1.54, 1.807) is 0 Å². The minimum Gasteiger partial charge on any atom is -0.481 e. The van der Waals surface area contributed by atoms with Crippen LogP contribution in [0.2, 0.25) is 0 Å². The van der Waals surface area contributed by atoms with Crippen molar-refractivity contribution in [1.82, 2.24) is 9.97 Å². The van der Waals surface area contributed by atoms with E-state index in [9.17, 15) is 4.79 Å². The first kappa shape index (κ1) is 18.5. The lowest BCUT2D eigenvalue weighted by Crippen LogP contribution is -2.28. The van der Waals surface area contributed by atoms with E-state index in [-0.39, 0.29) is 11.8 Å². The molecule has 4 nitrogen and oxygen atoms in total. The number of carbonyl (C=O) groups is 1. The van der Waals surface area contributed by atoms with Crippen molar-refractivity contribution >= 4 is 17.7 Å². The molecule has 0 unspecified atom stereocenters. The lowest BCUT2D eigenvalue weighted by molar-refractivity contribution is -0.136. The van der Waals surface area contributed by atoms with Gasteiger partial charge in [0, 0.05) is 10.5 Å². The van der Waals surface area contributed by atoms with Gasteiger partial charge in [-0.25, -0.2) is 4.98 Å². The van der Waals surface area contributed by atoms with E-state index in [0.717, 1.165) is 18.4 Å². The van der Waals surface area contributed by atoms with E-state index in [4.69, 9.17) is 5.11 Å². The van der Waals surface area contributed by atoms with Crippen LogP contribution in [0, 0.1) is 11.8 Å². The summed E-state index contributed by atoms with van der Waals surface area (Å²) in [6.45, 7) is 4.55. The van der Waals surface area contributed by atoms with Crippen molar-refractivity contribution in [2.24, 2.45) is 0 Å². The molecule has 1 aromatic heterocycles. The van der Waals surface area contributed by atoms with Gasteiger partial charge >= 0.3 is 5.97 Å². The Bertz CT molecular complexity index is 862. The topological polar surface area (TPSA) is 63.1 Å². The third kappa shape index (κ3) is 3.91. The Kier molecular flexibility index (Phi) is 5.63. The molecule has 5 heteroatoms. The number of nitrogens with zero attached hydrogens (tertiary/aromatic N) is 2. The Morgan fingerprint density at radius 1 is 1.23 bits per heavy atom. The van der Waals surface area contributed by atoms with Gasteiger partial charge in [-0.05, 0) is 60.1 Å². The second-order valence-electron chi connectivity index (χ2n) is 6.51. The average Bonchev–Trinajstić information content (AvgIpc) is 2.66. The molecule has 1 N–H and O–H groups in total. The summed E-state index contributed by atoms with van der Waals surface area (Å²) in [5.41, 5.74) is 3.65. The van der Waals surface area contributed by atoms with Gasteiger partial charge in [-0.15, -0.1) is 11.8 Å². The Morgan fingerprint density at radius 2 is 2.04 bits per heavy atom. The van der Waals surface area contributed by atoms with Crippen LogP contribution in [0.3, 0.4) is 0 Å². The molecule has 0 saturated carbocycles. The van der Waals surface area contributed by atoms with Gasteiger partial charge in [0.15, 0.2) is 0 Å². The highest BCUT2D eigenvalue weighted by Crippen LogP contribution is 2.46. The van der Waals surface area contributed by atoms with Crippen molar-refractivity contribution < 1.29 is 9.90 Å². The van der Waals surface area contributed by atoms with Crippen LogP contribution >= 0.6 is 11.8 Å². The third-order valence-electron chi connectivity index (χ3n) is 5.12. The minimum absolute atomic E-state index is 0.126. The molecule has 0 fully saturated rings. The second kappa shape index (κ2) is 7.92. The lowest BCUT2D eigenvalue weighted by Gasteiger charge is -2.37. The quantitative estimate of drug-likeness (QED) is 0.827. The van der Waals surface area contributed by atoms with Crippen molar-refractivity contribution in [2.75, 3.05) is 5.75 Å². The molecule has 0 spiro atoms. The molecule has 3 rings (SSSR count). The van der Waals surface area contributed by atoms with Crippen LogP contribution in [0.15, 0.2) is 35.5 Å². The molecule has 0 aliphatic carbocycles. The van der Waals surface area contributed by atoms with Gasteiger partial charge in [0.2, 0.25) is 0 Å². The highest BCUT2D eigenvalue weighted by Gasteiger charge is 2.33. The SMILES string of the molecule is CCC1(CC)CCSc2ccc(C#Cc3cnc(CC(=O)O)cn3)cc21. The Morgan fingerprint density at radius 3 is 2.69 bits per heavy atom. The van der Waals surface area contributed by atoms with Gasteiger partial charge in [0.1, 0.15) is 5.69 Å². The number of hydrogen-bond donors (Lipinski definition) is 1. The summed E-state index contributed by atoms with van der Waals surface area (Å²) in [4.78, 5) is 20.4. The molecule has 0 saturated heterocycles. The minimum atomic E-state index is -0.916. The number of aromatic nitrogens is 2. The lowest BCUT2D eigenvalue weighted by atomic mass is 9.73. The number of carboxylic acid groups (broad SMARTS) is 1. The molecule has 1 aromatic carbocycles. The molecular weight excluding hydrogens is 344 g/mol. The van der Waals surface area contributed by atoms with Gasteiger partial charge < -0.3 is 5.11 Å². The predicted molar refractivity (Wildman–Crippen MR) is 103 cm³/mol. The molecule has 0 radical (unpaired) electrons. The number of aliphatic carboxylic acids is 1. The van der Waals surface area contributed by atoms with E-state index in [1.165, 1.54) is 35.0 Å². The van der Waals surface area contributed by atoms with Crippen LogP contribution in [0.5, 0.6) is 0 Å². The average molecular weight is 366 g/mol. The fourth-order valence-electron chi connectivity index (χ4n) is 3.43. The number of hydrogen-bond acceptors (Lipinski definition) is 4. The van der Waals surface area contributed by atoms with Gasteiger partial charge in [-0.3, -0.25) is 9.78 Å². The summed E-state index contributed by atoms with van der Waals surface area (Å²) < 4.78 is 0. The molecule has 0 bridgehead atoms. The first-order chi connectivity index (χ1) is 12.6. The van der Waals surface area contributed by atoms with Crippen molar-refractivity contribution in [3.63, 3.8) is 0 Å². The number of thioether (sulfide) groups is 1. The summed E-state index contributed by atoms with van der Waals surface area (Å²) in [6, 6.07) is 6.48. The first-order valence-corrected chi connectivity index (χ1v) is 9.87. The van der Waals surface area contributed by atoms with Gasteiger partial charge in [0.05, 0.1) is 24.5 Å². The van der Waals surface area contributed by atoms with Crippen LogP contribution in [0.1, 0.15) is 55.6 Å². The molecule has 2 heterocycles. The molecule has 134 valence electrons. The molecule has 0 amide bonds. The van der Waals surface area contributed by atoms with Gasteiger partial charge in [-0.1, -0.05) is 19.8 Å². The molecular formula is C21H22N2O2S. The number of rotatable bonds is 4. The summed E-state index contributed by atoms with van der Waals surface area (Å²) in [5, 5.41) is 8.77. The van der Waals surface area contributed by atoms with Gasteiger partial charge in [0.25, 0.3) is 0 Å². The van der Waals surface area contributed by atoms with Gasteiger partial charge in [-0.2, -0.15) is 0 Å². The van der Waals surface area contributed by atoms with Crippen LogP contribution < -0.4 is 0 Å². The van der Waals surface area contributed by atoms with Crippen molar-refractivity contribution in [1.29, 1.82) is 0 Å². The largest absolute Gasteiger partial charge is 0.481 e. The standard InChI is InChI=1S/C21H22N2O2S/c1-3-21(4-2)9-10-26-19-8-6-15(11-18(19)21)5-7-16-13-23-17(14-22-16)12-20(24)25/h6,8,11,13-14H,3-4,9-10,12H2,1-2H3,(H,24,25). The van der Waals surface area contributed by atoms with E-state index in [2.05, 4.69) is 53.9 Å². The normalized spacial score (nSPS) is 14.8. The summed E-state index contributed by atoms with van der Waals surface area (Å²) in [5.74, 6) is 6.48. The highest BCUT2D eigenvalue weighted by molar-refractivity contribution is 7.99. The Balaban J connectivity index is 1.86. The fourth-order valence-corrected chi connectivity index (χ4v) is 4.73. The Hall–Kier alpha value is -2.32. The molecule has 0 atom stereocenters. The highest BCUT2D eigenvalue weighted by atomic mass is 32.2. The first-order valence-electron chi connectivity index (χ1n) is 8.88. The summed E-state index contributed by atoms with van der Waals surface area (Å²) in [7, 11) is 0. The fraction of sp³-hybridized carbons (Fsp3) is 0.381. The van der Waals surface area contributed by atoms with Crippen molar-refractivity contribution in [2.45, 2.75) is 49.8 Å². The van der Waals surface area contributed by atoms with Crippen LogP contribution in [0.4, 0.5) is 0 Å². The smallest absolute Gasteiger partial charge is 0.309 e. The van der Waals surface area contributed by atoms with E-state index >= 15 is 0 Å². The number of carboxylic acids is 1. The predicted octanol–water partition coefficient (Wildman–Crippen LogP) is 4.06. The Labute approximate surface area is 158 Å². The van der Waals surface area contributed by atoms with E-state index in [0.29, 0.717) is 11.4 Å².